The summed E-state index contributed by atoms with van der Waals surface area (Å²) < 4.78 is 38.5. The van der Waals surface area contributed by atoms with Crippen LogP contribution in [0, 0.1) is 17.5 Å². The molecule has 0 fully saturated rings. The lowest BCUT2D eigenvalue weighted by Crippen LogP contribution is -2.13. The van der Waals surface area contributed by atoms with Gasteiger partial charge in [-0.1, -0.05) is 19.4 Å². The van der Waals surface area contributed by atoms with Gasteiger partial charge < -0.3 is 5.73 Å². The molecular formula is C10H12F3N. The highest BCUT2D eigenvalue weighted by molar-refractivity contribution is 5.23. The van der Waals surface area contributed by atoms with E-state index in [0.29, 0.717) is 6.42 Å². The molecule has 2 N–H and O–H groups in total. The van der Waals surface area contributed by atoms with Crippen molar-refractivity contribution >= 4 is 0 Å². The second-order valence-corrected chi connectivity index (χ2v) is 3.16. The first-order valence-corrected chi connectivity index (χ1v) is 4.46. The summed E-state index contributed by atoms with van der Waals surface area (Å²) in [7, 11) is 0. The second-order valence-electron chi connectivity index (χ2n) is 3.16. The number of rotatable bonds is 3. The van der Waals surface area contributed by atoms with Crippen LogP contribution in [0.2, 0.25) is 0 Å². The van der Waals surface area contributed by atoms with Gasteiger partial charge in [0.1, 0.15) is 0 Å². The number of hydrogen-bond acceptors (Lipinski definition) is 1. The molecule has 0 saturated carbocycles. The van der Waals surface area contributed by atoms with E-state index in [1.54, 1.807) is 0 Å². The van der Waals surface area contributed by atoms with E-state index < -0.39 is 23.5 Å². The predicted molar refractivity (Wildman–Crippen MR) is 48.2 cm³/mol. The summed E-state index contributed by atoms with van der Waals surface area (Å²) in [5.74, 6) is -3.81. The largest absolute Gasteiger partial charge is 0.324 e. The van der Waals surface area contributed by atoms with Crippen molar-refractivity contribution in [3.63, 3.8) is 0 Å². The van der Waals surface area contributed by atoms with Gasteiger partial charge in [0.15, 0.2) is 17.5 Å². The van der Waals surface area contributed by atoms with Crippen molar-refractivity contribution in [3.8, 4) is 0 Å². The Hall–Kier alpha value is -1.03. The van der Waals surface area contributed by atoms with E-state index >= 15 is 0 Å². The molecule has 78 valence electrons. The van der Waals surface area contributed by atoms with Crippen LogP contribution in [0.3, 0.4) is 0 Å². The summed E-state index contributed by atoms with van der Waals surface area (Å²) in [5.41, 5.74) is 5.63. The first kappa shape index (κ1) is 11.0. The molecule has 0 aliphatic heterocycles. The Morgan fingerprint density at radius 2 is 1.86 bits per heavy atom. The van der Waals surface area contributed by atoms with Gasteiger partial charge >= 0.3 is 0 Å². The summed E-state index contributed by atoms with van der Waals surface area (Å²) in [6.45, 7) is 1.89. The van der Waals surface area contributed by atoms with Crippen molar-refractivity contribution in [3.05, 3.63) is 35.1 Å². The maximum Gasteiger partial charge on any atom is 0.194 e. The van der Waals surface area contributed by atoms with Gasteiger partial charge in [-0.3, -0.25) is 0 Å². The lowest BCUT2D eigenvalue weighted by atomic mass is 10.0. The van der Waals surface area contributed by atoms with Gasteiger partial charge in [-0.25, -0.2) is 13.2 Å². The zero-order chi connectivity index (χ0) is 10.7. The summed E-state index contributed by atoms with van der Waals surface area (Å²) in [6, 6.07) is 1.51. The normalized spacial score (nSPS) is 12.9. The number of hydrogen-bond donors (Lipinski definition) is 1. The first-order chi connectivity index (χ1) is 6.57. The van der Waals surface area contributed by atoms with Crippen LogP contribution < -0.4 is 5.73 Å². The molecule has 0 radical (unpaired) electrons. The van der Waals surface area contributed by atoms with Crippen LogP contribution in [-0.2, 0) is 0 Å². The van der Waals surface area contributed by atoms with E-state index in [1.165, 1.54) is 6.07 Å². The maximum absolute atomic E-state index is 13.1. The van der Waals surface area contributed by atoms with Crippen LogP contribution in [-0.4, -0.2) is 0 Å². The molecule has 0 amide bonds. The predicted octanol–water partition coefficient (Wildman–Crippen LogP) is 2.90. The fraction of sp³-hybridized carbons (Fsp3) is 0.400. The fourth-order valence-corrected chi connectivity index (χ4v) is 1.29. The SMILES string of the molecule is CCC[C@H](N)c1ccc(F)c(F)c1F. The Morgan fingerprint density at radius 1 is 1.21 bits per heavy atom. The molecule has 0 aliphatic carbocycles. The Kier molecular flexibility index (Phi) is 3.52. The van der Waals surface area contributed by atoms with E-state index in [1.807, 2.05) is 6.92 Å². The molecule has 0 saturated heterocycles. The van der Waals surface area contributed by atoms with Crippen molar-refractivity contribution in [2.24, 2.45) is 5.73 Å². The molecule has 1 rings (SSSR count). The fourth-order valence-electron chi connectivity index (χ4n) is 1.29. The van der Waals surface area contributed by atoms with E-state index in [4.69, 9.17) is 5.73 Å². The second kappa shape index (κ2) is 4.46. The average Bonchev–Trinajstić information content (AvgIpc) is 2.15. The Bertz CT molecular complexity index is 325. The third-order valence-electron chi connectivity index (χ3n) is 2.06. The Morgan fingerprint density at radius 3 is 2.43 bits per heavy atom. The lowest BCUT2D eigenvalue weighted by molar-refractivity contribution is 0.433. The molecule has 1 aromatic carbocycles. The van der Waals surface area contributed by atoms with Gasteiger partial charge in [-0.05, 0) is 12.5 Å². The quantitative estimate of drug-likeness (QED) is 0.751. The topological polar surface area (TPSA) is 26.0 Å². The molecule has 4 heteroatoms. The lowest BCUT2D eigenvalue weighted by Gasteiger charge is -2.11. The molecule has 0 heterocycles. The average molecular weight is 203 g/mol. The minimum absolute atomic E-state index is 0.0331. The standard InChI is InChI=1S/C10H12F3N/c1-2-3-8(14)6-4-5-7(11)10(13)9(6)12/h4-5,8H,2-3,14H2,1H3/t8-/m0/s1. The summed E-state index contributed by atoms with van der Waals surface area (Å²) in [5, 5.41) is 0. The van der Waals surface area contributed by atoms with Gasteiger partial charge in [0.2, 0.25) is 0 Å². The van der Waals surface area contributed by atoms with Gasteiger partial charge in [0.25, 0.3) is 0 Å². The third-order valence-corrected chi connectivity index (χ3v) is 2.06. The van der Waals surface area contributed by atoms with E-state index in [0.717, 1.165) is 12.5 Å². The van der Waals surface area contributed by atoms with Gasteiger partial charge in [-0.15, -0.1) is 0 Å². The molecule has 0 bridgehead atoms. The molecular weight excluding hydrogens is 191 g/mol. The van der Waals surface area contributed by atoms with Crippen LogP contribution >= 0.6 is 0 Å². The minimum Gasteiger partial charge on any atom is -0.324 e. The molecule has 14 heavy (non-hydrogen) atoms. The van der Waals surface area contributed by atoms with Crippen LogP contribution in [0.4, 0.5) is 13.2 Å². The van der Waals surface area contributed by atoms with Crippen LogP contribution in [0.25, 0.3) is 0 Å². The van der Waals surface area contributed by atoms with Crippen molar-refractivity contribution in [1.29, 1.82) is 0 Å². The number of benzene rings is 1. The van der Waals surface area contributed by atoms with Crippen molar-refractivity contribution in [2.75, 3.05) is 0 Å². The van der Waals surface area contributed by atoms with Crippen LogP contribution in [0.1, 0.15) is 31.4 Å². The summed E-state index contributed by atoms with van der Waals surface area (Å²) in [6.07, 6.45) is 1.31. The smallest absolute Gasteiger partial charge is 0.194 e. The van der Waals surface area contributed by atoms with Gasteiger partial charge in [-0.2, -0.15) is 0 Å². The van der Waals surface area contributed by atoms with Crippen molar-refractivity contribution < 1.29 is 13.2 Å². The number of nitrogens with two attached hydrogens (primary N) is 1. The number of halogens is 3. The molecule has 1 nitrogen and oxygen atoms in total. The Labute approximate surface area is 80.7 Å². The molecule has 0 aliphatic rings. The Balaban J connectivity index is 3.04. The summed E-state index contributed by atoms with van der Waals surface area (Å²) >= 11 is 0. The maximum atomic E-state index is 13.1. The highest BCUT2D eigenvalue weighted by atomic mass is 19.2. The summed E-state index contributed by atoms with van der Waals surface area (Å²) in [4.78, 5) is 0. The van der Waals surface area contributed by atoms with E-state index in [9.17, 15) is 13.2 Å². The molecule has 1 aromatic rings. The first-order valence-electron chi connectivity index (χ1n) is 4.46. The zero-order valence-corrected chi connectivity index (χ0v) is 7.86. The highest BCUT2D eigenvalue weighted by Crippen LogP contribution is 2.22. The van der Waals surface area contributed by atoms with Crippen LogP contribution in [0.5, 0.6) is 0 Å². The molecule has 0 unspecified atom stereocenters. The van der Waals surface area contributed by atoms with Crippen LogP contribution in [0.15, 0.2) is 12.1 Å². The van der Waals surface area contributed by atoms with E-state index in [-0.39, 0.29) is 5.56 Å². The highest BCUT2D eigenvalue weighted by Gasteiger charge is 2.17. The molecule has 1 atom stereocenters. The van der Waals surface area contributed by atoms with Gasteiger partial charge in [0.05, 0.1) is 0 Å². The van der Waals surface area contributed by atoms with Crippen molar-refractivity contribution in [1.82, 2.24) is 0 Å². The zero-order valence-electron chi connectivity index (χ0n) is 7.86. The molecule has 0 aromatic heterocycles. The minimum atomic E-state index is -1.45. The van der Waals surface area contributed by atoms with E-state index in [2.05, 4.69) is 0 Å². The molecule has 0 spiro atoms. The third kappa shape index (κ3) is 2.07. The monoisotopic (exact) mass is 203 g/mol. The van der Waals surface area contributed by atoms with Gasteiger partial charge in [0, 0.05) is 11.6 Å². The van der Waals surface area contributed by atoms with Crippen molar-refractivity contribution in [2.45, 2.75) is 25.8 Å².